The highest BCUT2D eigenvalue weighted by Crippen LogP contribution is 2.24. The van der Waals surface area contributed by atoms with E-state index in [1.54, 1.807) is 0 Å². The molecule has 0 spiro atoms. The number of nitrogens with zero attached hydrogens (tertiary/aromatic N) is 1. The van der Waals surface area contributed by atoms with E-state index in [1.807, 2.05) is 0 Å². The molecule has 1 aliphatic rings. The summed E-state index contributed by atoms with van der Waals surface area (Å²) in [6.45, 7) is 14.3. The Morgan fingerprint density at radius 1 is 1.25 bits per heavy atom. The standard InChI is InChI=1S/C14H30N2/c1-12(14(2,3)4)10-15-11-13-6-8-16(5)9-7-13/h12-13,15H,6-11H2,1-5H3. The minimum absolute atomic E-state index is 0.430. The van der Waals surface area contributed by atoms with Crippen molar-refractivity contribution >= 4 is 0 Å². The first kappa shape index (κ1) is 14.0. The second kappa shape index (κ2) is 6.02. The SMILES string of the molecule is CC(CNCC1CCN(C)CC1)C(C)(C)C. The van der Waals surface area contributed by atoms with Gasteiger partial charge in [0.05, 0.1) is 0 Å². The maximum Gasteiger partial charge on any atom is -0.00180 e. The fourth-order valence-electron chi connectivity index (χ4n) is 2.08. The van der Waals surface area contributed by atoms with Crippen LogP contribution in [0.2, 0.25) is 0 Å². The molecule has 1 atom stereocenters. The Kier molecular flexibility index (Phi) is 5.26. The van der Waals surface area contributed by atoms with Crippen molar-refractivity contribution in [2.24, 2.45) is 17.3 Å². The Hall–Kier alpha value is -0.0800. The Morgan fingerprint density at radius 3 is 2.31 bits per heavy atom. The van der Waals surface area contributed by atoms with Gasteiger partial charge >= 0.3 is 0 Å². The molecule has 1 aliphatic heterocycles. The Labute approximate surface area is 102 Å². The highest BCUT2D eigenvalue weighted by atomic mass is 15.1. The molecule has 1 rings (SSSR count). The first-order valence-corrected chi connectivity index (χ1v) is 6.79. The molecule has 1 fully saturated rings. The molecule has 2 heteroatoms. The lowest BCUT2D eigenvalue weighted by Crippen LogP contribution is -2.37. The molecule has 0 radical (unpaired) electrons. The number of likely N-dealkylation sites (tertiary alicyclic amines) is 1. The van der Waals surface area contributed by atoms with Gasteiger partial charge in [0, 0.05) is 0 Å². The van der Waals surface area contributed by atoms with Gasteiger partial charge in [-0.3, -0.25) is 0 Å². The first-order chi connectivity index (χ1) is 7.39. The van der Waals surface area contributed by atoms with Crippen LogP contribution in [0.1, 0.15) is 40.5 Å². The normalized spacial score (nSPS) is 22.3. The van der Waals surface area contributed by atoms with Crippen LogP contribution in [0.25, 0.3) is 0 Å². The molecule has 1 heterocycles. The molecule has 16 heavy (non-hydrogen) atoms. The van der Waals surface area contributed by atoms with E-state index >= 15 is 0 Å². The molecule has 0 bridgehead atoms. The van der Waals surface area contributed by atoms with Crippen molar-refractivity contribution in [3.8, 4) is 0 Å². The monoisotopic (exact) mass is 226 g/mol. The average molecular weight is 226 g/mol. The second-order valence-corrected chi connectivity index (χ2v) is 6.67. The van der Waals surface area contributed by atoms with Gasteiger partial charge in [-0.25, -0.2) is 0 Å². The zero-order chi connectivity index (χ0) is 12.2. The van der Waals surface area contributed by atoms with E-state index in [2.05, 4.69) is 45.0 Å². The van der Waals surface area contributed by atoms with Gasteiger partial charge in [-0.2, -0.15) is 0 Å². The largest absolute Gasteiger partial charge is 0.316 e. The van der Waals surface area contributed by atoms with Crippen LogP contribution in [0.4, 0.5) is 0 Å². The number of rotatable bonds is 4. The van der Waals surface area contributed by atoms with E-state index in [-0.39, 0.29) is 0 Å². The summed E-state index contributed by atoms with van der Waals surface area (Å²) >= 11 is 0. The van der Waals surface area contributed by atoms with Crippen molar-refractivity contribution in [3.05, 3.63) is 0 Å². The van der Waals surface area contributed by atoms with Gasteiger partial charge in [0.2, 0.25) is 0 Å². The summed E-state index contributed by atoms with van der Waals surface area (Å²) in [7, 11) is 2.23. The van der Waals surface area contributed by atoms with Gasteiger partial charge in [-0.15, -0.1) is 0 Å². The molecule has 0 aromatic carbocycles. The summed E-state index contributed by atoms with van der Waals surface area (Å²) in [6, 6.07) is 0. The van der Waals surface area contributed by atoms with E-state index in [4.69, 9.17) is 0 Å². The van der Waals surface area contributed by atoms with E-state index in [0.717, 1.165) is 18.4 Å². The summed E-state index contributed by atoms with van der Waals surface area (Å²) in [5.41, 5.74) is 0.430. The summed E-state index contributed by atoms with van der Waals surface area (Å²) in [6.07, 6.45) is 2.74. The van der Waals surface area contributed by atoms with Crippen LogP contribution >= 0.6 is 0 Å². The van der Waals surface area contributed by atoms with Crippen LogP contribution < -0.4 is 5.32 Å². The summed E-state index contributed by atoms with van der Waals surface area (Å²) in [5.74, 6) is 1.65. The van der Waals surface area contributed by atoms with Crippen LogP contribution in [0, 0.1) is 17.3 Å². The zero-order valence-corrected chi connectivity index (χ0v) is 11.8. The van der Waals surface area contributed by atoms with Crippen molar-refractivity contribution in [2.45, 2.75) is 40.5 Å². The topological polar surface area (TPSA) is 15.3 Å². The van der Waals surface area contributed by atoms with Crippen LogP contribution in [0.5, 0.6) is 0 Å². The molecule has 0 aromatic heterocycles. The van der Waals surface area contributed by atoms with Crippen molar-refractivity contribution < 1.29 is 0 Å². The molecule has 96 valence electrons. The van der Waals surface area contributed by atoms with Gasteiger partial charge in [-0.1, -0.05) is 27.7 Å². The fourth-order valence-corrected chi connectivity index (χ4v) is 2.08. The third kappa shape index (κ3) is 4.84. The second-order valence-electron chi connectivity index (χ2n) is 6.67. The highest BCUT2D eigenvalue weighted by Gasteiger charge is 2.20. The highest BCUT2D eigenvalue weighted by molar-refractivity contribution is 4.75. The molecule has 1 unspecified atom stereocenters. The molecule has 0 aromatic rings. The van der Waals surface area contributed by atoms with Crippen LogP contribution in [-0.4, -0.2) is 38.1 Å². The summed E-state index contributed by atoms with van der Waals surface area (Å²) < 4.78 is 0. The van der Waals surface area contributed by atoms with Gasteiger partial charge in [0.15, 0.2) is 0 Å². The lowest BCUT2D eigenvalue weighted by molar-refractivity contribution is 0.205. The van der Waals surface area contributed by atoms with Crippen molar-refractivity contribution in [1.82, 2.24) is 10.2 Å². The van der Waals surface area contributed by atoms with E-state index in [9.17, 15) is 0 Å². The first-order valence-electron chi connectivity index (χ1n) is 6.79. The Morgan fingerprint density at radius 2 is 1.81 bits per heavy atom. The number of hydrogen-bond acceptors (Lipinski definition) is 2. The van der Waals surface area contributed by atoms with Gasteiger partial charge in [0.25, 0.3) is 0 Å². The van der Waals surface area contributed by atoms with Crippen molar-refractivity contribution in [3.63, 3.8) is 0 Å². The quantitative estimate of drug-likeness (QED) is 0.793. The number of piperidine rings is 1. The maximum atomic E-state index is 3.66. The van der Waals surface area contributed by atoms with E-state index in [0.29, 0.717) is 5.41 Å². The molecular formula is C14H30N2. The van der Waals surface area contributed by atoms with E-state index in [1.165, 1.54) is 32.5 Å². The average Bonchev–Trinajstić information content (AvgIpc) is 2.19. The maximum absolute atomic E-state index is 3.66. The van der Waals surface area contributed by atoms with Gasteiger partial charge in [0.1, 0.15) is 0 Å². The molecule has 1 saturated heterocycles. The van der Waals surface area contributed by atoms with Crippen molar-refractivity contribution in [2.75, 3.05) is 33.2 Å². The predicted molar refractivity (Wildman–Crippen MR) is 71.7 cm³/mol. The van der Waals surface area contributed by atoms with Crippen LogP contribution in [0.15, 0.2) is 0 Å². The van der Waals surface area contributed by atoms with Crippen LogP contribution in [0.3, 0.4) is 0 Å². The molecular weight excluding hydrogens is 196 g/mol. The Bertz CT molecular complexity index is 187. The molecule has 0 saturated carbocycles. The molecule has 2 nitrogen and oxygen atoms in total. The molecule has 0 aliphatic carbocycles. The van der Waals surface area contributed by atoms with E-state index < -0.39 is 0 Å². The lowest BCUT2D eigenvalue weighted by Gasteiger charge is -2.31. The molecule has 1 N–H and O–H groups in total. The number of nitrogens with one attached hydrogen (secondary N) is 1. The third-order valence-electron chi connectivity index (χ3n) is 4.20. The fraction of sp³-hybridized carbons (Fsp3) is 1.00. The zero-order valence-electron chi connectivity index (χ0n) is 11.8. The summed E-state index contributed by atoms with van der Waals surface area (Å²) in [4.78, 5) is 2.44. The molecule has 0 amide bonds. The lowest BCUT2D eigenvalue weighted by atomic mass is 9.82. The minimum Gasteiger partial charge on any atom is -0.316 e. The van der Waals surface area contributed by atoms with Gasteiger partial charge in [-0.05, 0) is 63.3 Å². The third-order valence-corrected chi connectivity index (χ3v) is 4.20. The Balaban J connectivity index is 2.11. The summed E-state index contributed by atoms with van der Waals surface area (Å²) in [5, 5.41) is 3.66. The number of hydrogen-bond donors (Lipinski definition) is 1. The smallest absolute Gasteiger partial charge is 0.00180 e. The predicted octanol–water partition coefficient (Wildman–Crippen LogP) is 2.60. The van der Waals surface area contributed by atoms with Crippen LogP contribution in [-0.2, 0) is 0 Å². The van der Waals surface area contributed by atoms with Gasteiger partial charge < -0.3 is 10.2 Å². The minimum atomic E-state index is 0.430. The van der Waals surface area contributed by atoms with Crippen molar-refractivity contribution in [1.29, 1.82) is 0 Å².